The standard InChI is InChI=1S/C18H19N3O2S/c1-14-19-17(13-21(14)2)24(22,23)20-18(15-9-5-3-6-10-15)16-11-7-4-8-12-16/h3-13,18,20H,1-2H3. The third-order valence-corrected chi connectivity index (χ3v) is 5.19. The molecule has 0 atom stereocenters. The van der Waals surface area contributed by atoms with E-state index < -0.39 is 16.1 Å². The van der Waals surface area contributed by atoms with Gasteiger partial charge in [0.1, 0.15) is 5.82 Å². The highest BCUT2D eigenvalue weighted by atomic mass is 32.2. The molecule has 1 N–H and O–H groups in total. The van der Waals surface area contributed by atoms with E-state index in [4.69, 9.17) is 0 Å². The molecule has 0 aliphatic heterocycles. The minimum Gasteiger partial charge on any atom is -0.337 e. The van der Waals surface area contributed by atoms with Gasteiger partial charge in [0, 0.05) is 13.2 Å². The third-order valence-electron chi connectivity index (χ3n) is 3.90. The highest BCUT2D eigenvalue weighted by Gasteiger charge is 2.25. The van der Waals surface area contributed by atoms with Crippen molar-refractivity contribution < 1.29 is 8.42 Å². The van der Waals surface area contributed by atoms with Crippen LogP contribution in [-0.4, -0.2) is 18.0 Å². The number of benzene rings is 2. The number of hydrogen-bond acceptors (Lipinski definition) is 3. The molecule has 1 aromatic heterocycles. The van der Waals surface area contributed by atoms with Gasteiger partial charge in [0.25, 0.3) is 10.0 Å². The van der Waals surface area contributed by atoms with Gasteiger partial charge >= 0.3 is 0 Å². The van der Waals surface area contributed by atoms with Crippen molar-refractivity contribution in [3.8, 4) is 0 Å². The number of imidazole rings is 1. The zero-order valence-electron chi connectivity index (χ0n) is 13.5. The maximum absolute atomic E-state index is 12.8. The summed E-state index contributed by atoms with van der Waals surface area (Å²) in [5.74, 6) is 0.645. The molecule has 0 amide bonds. The second kappa shape index (κ2) is 6.59. The average Bonchev–Trinajstić information content (AvgIpc) is 2.94. The maximum atomic E-state index is 12.8. The predicted molar refractivity (Wildman–Crippen MR) is 93.0 cm³/mol. The SMILES string of the molecule is Cc1nc(S(=O)(=O)NC(c2ccccc2)c2ccccc2)cn1C. The largest absolute Gasteiger partial charge is 0.337 e. The molecule has 0 spiro atoms. The molecule has 6 heteroatoms. The molecule has 24 heavy (non-hydrogen) atoms. The highest BCUT2D eigenvalue weighted by molar-refractivity contribution is 7.89. The van der Waals surface area contributed by atoms with Crippen molar-refractivity contribution in [2.45, 2.75) is 18.0 Å². The first-order chi connectivity index (χ1) is 11.5. The smallest absolute Gasteiger partial charge is 0.260 e. The summed E-state index contributed by atoms with van der Waals surface area (Å²) in [5, 5.41) is 0.0272. The summed E-state index contributed by atoms with van der Waals surface area (Å²) in [6.07, 6.45) is 1.52. The molecule has 5 nitrogen and oxygen atoms in total. The van der Waals surface area contributed by atoms with Crippen LogP contribution in [0.5, 0.6) is 0 Å². The summed E-state index contributed by atoms with van der Waals surface area (Å²) in [4.78, 5) is 4.13. The molecule has 0 saturated heterocycles. The van der Waals surface area contributed by atoms with Crippen LogP contribution in [0, 0.1) is 6.92 Å². The summed E-state index contributed by atoms with van der Waals surface area (Å²) < 4.78 is 30.0. The molecular formula is C18H19N3O2S. The monoisotopic (exact) mass is 341 g/mol. The lowest BCUT2D eigenvalue weighted by atomic mass is 10.00. The minimum atomic E-state index is -3.74. The number of rotatable bonds is 5. The quantitative estimate of drug-likeness (QED) is 0.776. The van der Waals surface area contributed by atoms with Crippen LogP contribution < -0.4 is 4.72 Å². The lowest BCUT2D eigenvalue weighted by Gasteiger charge is -2.19. The van der Waals surface area contributed by atoms with Crippen molar-refractivity contribution in [3.63, 3.8) is 0 Å². The summed E-state index contributed by atoms with van der Waals surface area (Å²) in [6.45, 7) is 1.77. The van der Waals surface area contributed by atoms with E-state index in [9.17, 15) is 8.42 Å². The van der Waals surface area contributed by atoms with Crippen LogP contribution in [0.4, 0.5) is 0 Å². The van der Waals surface area contributed by atoms with E-state index >= 15 is 0 Å². The predicted octanol–water partition coefficient (Wildman–Crippen LogP) is 2.80. The zero-order valence-corrected chi connectivity index (χ0v) is 14.4. The van der Waals surface area contributed by atoms with Crippen LogP contribution in [0.3, 0.4) is 0 Å². The van der Waals surface area contributed by atoms with Crippen molar-refractivity contribution in [2.75, 3.05) is 0 Å². The minimum absolute atomic E-state index is 0.0272. The van der Waals surface area contributed by atoms with Gasteiger partial charge in [-0.25, -0.2) is 13.4 Å². The zero-order chi connectivity index (χ0) is 17.2. The molecule has 3 rings (SSSR count). The number of hydrogen-bond donors (Lipinski definition) is 1. The Kier molecular flexibility index (Phi) is 4.51. The lowest BCUT2D eigenvalue weighted by molar-refractivity contribution is 0.568. The first-order valence-electron chi connectivity index (χ1n) is 7.59. The average molecular weight is 341 g/mol. The van der Waals surface area contributed by atoms with Crippen molar-refractivity contribution in [1.29, 1.82) is 0 Å². The molecule has 3 aromatic rings. The molecule has 1 heterocycles. The second-order valence-corrected chi connectivity index (χ2v) is 7.27. The Morgan fingerprint density at radius 1 is 0.958 bits per heavy atom. The summed E-state index contributed by atoms with van der Waals surface area (Å²) >= 11 is 0. The molecule has 0 unspecified atom stereocenters. The number of aryl methyl sites for hydroxylation is 2. The fourth-order valence-corrected chi connectivity index (χ4v) is 3.74. The Hall–Kier alpha value is -2.44. The van der Waals surface area contributed by atoms with E-state index in [1.807, 2.05) is 60.7 Å². The Labute approximate surface area is 142 Å². The normalized spacial score (nSPS) is 11.8. The van der Waals surface area contributed by atoms with E-state index in [0.29, 0.717) is 5.82 Å². The Balaban J connectivity index is 2.01. The Morgan fingerprint density at radius 3 is 1.88 bits per heavy atom. The van der Waals surface area contributed by atoms with Crippen LogP contribution in [0.2, 0.25) is 0 Å². The fraction of sp³-hybridized carbons (Fsp3) is 0.167. The Morgan fingerprint density at radius 2 is 1.46 bits per heavy atom. The van der Waals surface area contributed by atoms with E-state index in [1.54, 1.807) is 18.5 Å². The summed E-state index contributed by atoms with van der Waals surface area (Å²) in [5.41, 5.74) is 1.75. The maximum Gasteiger partial charge on any atom is 0.260 e. The molecule has 0 radical (unpaired) electrons. The van der Waals surface area contributed by atoms with Crippen molar-refractivity contribution in [2.24, 2.45) is 7.05 Å². The highest BCUT2D eigenvalue weighted by Crippen LogP contribution is 2.24. The molecule has 2 aromatic carbocycles. The third kappa shape index (κ3) is 3.39. The molecular weight excluding hydrogens is 322 g/mol. The fourth-order valence-electron chi connectivity index (χ4n) is 2.49. The Bertz CT molecular complexity index is 860. The molecule has 0 fully saturated rings. The van der Waals surface area contributed by atoms with E-state index in [1.165, 1.54) is 6.20 Å². The van der Waals surface area contributed by atoms with Crippen LogP contribution in [0.15, 0.2) is 71.9 Å². The number of sulfonamides is 1. The molecule has 0 bridgehead atoms. The first-order valence-corrected chi connectivity index (χ1v) is 9.08. The van der Waals surface area contributed by atoms with E-state index in [-0.39, 0.29) is 5.03 Å². The van der Waals surface area contributed by atoms with Gasteiger partial charge in [-0.3, -0.25) is 0 Å². The molecule has 124 valence electrons. The lowest BCUT2D eigenvalue weighted by Crippen LogP contribution is -2.29. The first kappa shape index (κ1) is 16.4. The topological polar surface area (TPSA) is 64.0 Å². The van der Waals surface area contributed by atoms with Crippen molar-refractivity contribution >= 4 is 10.0 Å². The van der Waals surface area contributed by atoms with Gasteiger partial charge in [-0.15, -0.1) is 0 Å². The van der Waals surface area contributed by atoms with Crippen LogP contribution in [0.1, 0.15) is 23.0 Å². The summed E-state index contributed by atoms with van der Waals surface area (Å²) in [7, 11) is -1.97. The molecule has 0 aliphatic rings. The van der Waals surface area contributed by atoms with Crippen LogP contribution in [0.25, 0.3) is 0 Å². The van der Waals surface area contributed by atoms with Crippen LogP contribution in [-0.2, 0) is 17.1 Å². The van der Waals surface area contributed by atoms with Gasteiger partial charge in [-0.1, -0.05) is 60.7 Å². The number of nitrogens with one attached hydrogen (secondary N) is 1. The summed E-state index contributed by atoms with van der Waals surface area (Å²) in [6, 6.07) is 18.5. The number of nitrogens with zero attached hydrogens (tertiary/aromatic N) is 2. The van der Waals surface area contributed by atoms with Crippen molar-refractivity contribution in [3.05, 3.63) is 83.8 Å². The van der Waals surface area contributed by atoms with Gasteiger partial charge in [-0.05, 0) is 18.1 Å². The van der Waals surface area contributed by atoms with E-state index in [0.717, 1.165) is 11.1 Å². The van der Waals surface area contributed by atoms with Gasteiger partial charge in [0.15, 0.2) is 5.03 Å². The molecule has 0 saturated carbocycles. The van der Waals surface area contributed by atoms with Gasteiger partial charge in [0.05, 0.1) is 6.04 Å². The van der Waals surface area contributed by atoms with Crippen molar-refractivity contribution in [1.82, 2.24) is 14.3 Å². The van der Waals surface area contributed by atoms with Gasteiger partial charge in [0.2, 0.25) is 0 Å². The van der Waals surface area contributed by atoms with Crippen LogP contribution >= 0.6 is 0 Å². The van der Waals surface area contributed by atoms with E-state index in [2.05, 4.69) is 9.71 Å². The molecule has 0 aliphatic carbocycles. The van der Waals surface area contributed by atoms with Gasteiger partial charge in [-0.2, -0.15) is 4.72 Å². The second-order valence-electron chi connectivity index (χ2n) is 5.61. The number of aromatic nitrogens is 2. The van der Waals surface area contributed by atoms with Gasteiger partial charge < -0.3 is 4.57 Å².